The van der Waals surface area contributed by atoms with Gasteiger partial charge in [0.15, 0.2) is 0 Å². The Labute approximate surface area is 180 Å². The van der Waals surface area contributed by atoms with Gasteiger partial charge in [0, 0.05) is 22.8 Å². The van der Waals surface area contributed by atoms with Crippen molar-refractivity contribution in [1.29, 1.82) is 0 Å². The molecule has 2 N–H and O–H groups in total. The predicted molar refractivity (Wildman–Crippen MR) is 123 cm³/mol. The lowest BCUT2D eigenvalue weighted by Gasteiger charge is -2.21. The second-order valence-corrected chi connectivity index (χ2v) is 10.7. The van der Waals surface area contributed by atoms with Crippen LogP contribution in [0.25, 0.3) is 0 Å². The lowest BCUT2D eigenvalue weighted by atomic mass is 9.87. The summed E-state index contributed by atoms with van der Waals surface area (Å²) in [5.41, 5.74) is 3.47. The third-order valence-corrected chi connectivity index (χ3v) is 5.59. The molecule has 152 valence electrons. The van der Waals surface area contributed by atoms with Gasteiger partial charge >= 0.3 is 6.03 Å². The van der Waals surface area contributed by atoms with Gasteiger partial charge in [0.2, 0.25) is 10.0 Å². The van der Waals surface area contributed by atoms with E-state index in [9.17, 15) is 13.2 Å². The number of sulfonamides is 1. The second-order valence-electron chi connectivity index (χ2n) is 7.80. The predicted octanol–water partition coefficient (Wildman–Crippen LogP) is 4.62. The van der Waals surface area contributed by atoms with Gasteiger partial charge in [0.25, 0.3) is 0 Å². The Morgan fingerprint density at radius 2 is 1.71 bits per heavy atom. The minimum absolute atomic E-state index is 0.0943. The number of hydrogen-bond acceptors (Lipinski definition) is 3. The van der Waals surface area contributed by atoms with Gasteiger partial charge in [-0.3, -0.25) is 4.72 Å². The number of rotatable bonds is 5. The first-order valence-electron chi connectivity index (χ1n) is 8.74. The van der Waals surface area contributed by atoms with Gasteiger partial charge in [0.1, 0.15) is 0 Å². The minimum Gasteiger partial charge on any atom is -0.323 e. The molecule has 6 nitrogen and oxygen atoms in total. The summed E-state index contributed by atoms with van der Waals surface area (Å²) in [6, 6.07) is 13.0. The molecule has 0 radical (unpaired) electrons. The molecule has 0 heterocycles. The molecule has 8 heteroatoms. The number of halogens is 1. The van der Waals surface area contributed by atoms with Crippen molar-refractivity contribution < 1.29 is 13.2 Å². The fourth-order valence-electron chi connectivity index (χ4n) is 2.55. The van der Waals surface area contributed by atoms with Crippen molar-refractivity contribution in [3.63, 3.8) is 0 Å². The van der Waals surface area contributed by atoms with Gasteiger partial charge in [-0.2, -0.15) is 0 Å². The first kappa shape index (κ1) is 22.5. The number of nitrogens with zero attached hydrogens (tertiary/aromatic N) is 1. The molecule has 0 spiro atoms. The zero-order chi connectivity index (χ0) is 21.1. The van der Waals surface area contributed by atoms with Gasteiger partial charge in [-0.1, -0.05) is 45.0 Å². The maximum Gasteiger partial charge on any atom is 0.321 e. The van der Waals surface area contributed by atoms with E-state index in [1.54, 1.807) is 30.1 Å². The molecule has 0 saturated heterocycles. The summed E-state index contributed by atoms with van der Waals surface area (Å²) >= 11 is 2.03. The fourth-order valence-corrected chi connectivity index (χ4v) is 3.96. The van der Waals surface area contributed by atoms with Crippen LogP contribution in [0.1, 0.15) is 31.9 Å². The van der Waals surface area contributed by atoms with Crippen LogP contribution in [-0.2, 0) is 22.0 Å². The van der Waals surface area contributed by atoms with Crippen LogP contribution in [-0.4, -0.2) is 32.7 Å². The quantitative estimate of drug-likeness (QED) is 0.571. The summed E-state index contributed by atoms with van der Waals surface area (Å²) < 4.78 is 25.9. The topological polar surface area (TPSA) is 78.5 Å². The lowest BCUT2D eigenvalue weighted by molar-refractivity contribution is 0.220. The number of hydrogen-bond donors (Lipinski definition) is 2. The zero-order valence-corrected chi connectivity index (χ0v) is 19.7. The number of nitrogens with one attached hydrogen (secondary N) is 2. The highest BCUT2D eigenvalue weighted by Crippen LogP contribution is 2.24. The summed E-state index contributed by atoms with van der Waals surface area (Å²) in [5.74, 6) is 0. The number of amides is 2. The number of benzene rings is 2. The van der Waals surface area contributed by atoms with Crippen LogP contribution < -0.4 is 10.0 Å². The summed E-state index contributed by atoms with van der Waals surface area (Å²) in [5, 5.41) is 2.83. The van der Waals surface area contributed by atoms with Crippen LogP contribution in [0.4, 0.5) is 16.2 Å². The molecule has 0 unspecified atom stereocenters. The Bertz CT molecular complexity index is 952. The van der Waals surface area contributed by atoms with E-state index < -0.39 is 10.0 Å². The van der Waals surface area contributed by atoms with Gasteiger partial charge < -0.3 is 10.2 Å². The molecule has 0 fully saturated rings. The van der Waals surface area contributed by atoms with Crippen LogP contribution in [0.2, 0.25) is 0 Å². The molecule has 0 saturated carbocycles. The van der Waals surface area contributed by atoms with Crippen molar-refractivity contribution in [3.05, 3.63) is 57.2 Å². The van der Waals surface area contributed by atoms with E-state index in [4.69, 9.17) is 0 Å². The SMILES string of the molecule is CN(Cc1ccc(C(C)(C)C)cc1)C(=O)Nc1ccc(NS(C)(=O)=O)c(I)c1. The Hall–Kier alpha value is -1.81. The molecule has 2 rings (SSSR count). The van der Waals surface area contributed by atoms with Crippen molar-refractivity contribution in [2.45, 2.75) is 32.7 Å². The van der Waals surface area contributed by atoms with Crippen molar-refractivity contribution >= 4 is 50.0 Å². The van der Waals surface area contributed by atoms with Crippen LogP contribution in [0.3, 0.4) is 0 Å². The molecular weight excluding hydrogens is 489 g/mol. The summed E-state index contributed by atoms with van der Waals surface area (Å²) in [6.07, 6.45) is 1.10. The first-order chi connectivity index (χ1) is 12.8. The summed E-state index contributed by atoms with van der Waals surface area (Å²) in [4.78, 5) is 14.1. The average molecular weight is 515 g/mol. The third-order valence-electron chi connectivity index (χ3n) is 4.10. The number of urea groups is 1. The number of anilines is 2. The van der Waals surface area contributed by atoms with Crippen LogP contribution in [0, 0.1) is 3.57 Å². The largest absolute Gasteiger partial charge is 0.323 e. The van der Waals surface area contributed by atoms with E-state index in [1.165, 1.54) is 5.56 Å². The van der Waals surface area contributed by atoms with E-state index >= 15 is 0 Å². The Morgan fingerprint density at radius 1 is 1.11 bits per heavy atom. The standard InChI is InChI=1S/C20H26IN3O3S/c1-20(2,3)15-8-6-14(7-9-15)13-24(4)19(25)22-16-10-11-18(17(21)12-16)23-28(5,26)27/h6-12,23H,13H2,1-5H3,(H,22,25). The highest BCUT2D eigenvalue weighted by molar-refractivity contribution is 14.1. The Morgan fingerprint density at radius 3 is 2.21 bits per heavy atom. The molecule has 2 amide bonds. The molecule has 2 aromatic carbocycles. The van der Waals surface area contributed by atoms with Gasteiger partial charge in [0.05, 0.1) is 11.9 Å². The fraction of sp³-hybridized carbons (Fsp3) is 0.350. The van der Waals surface area contributed by atoms with E-state index in [0.29, 0.717) is 21.5 Å². The van der Waals surface area contributed by atoms with Crippen molar-refractivity contribution in [2.24, 2.45) is 0 Å². The molecule has 2 aromatic rings. The van der Waals surface area contributed by atoms with Crippen molar-refractivity contribution in [1.82, 2.24) is 4.90 Å². The normalized spacial score (nSPS) is 11.8. The highest BCUT2D eigenvalue weighted by Gasteiger charge is 2.15. The molecular formula is C20H26IN3O3S. The van der Waals surface area contributed by atoms with E-state index in [1.807, 2.05) is 34.7 Å². The van der Waals surface area contributed by atoms with E-state index in [2.05, 4.69) is 42.9 Å². The maximum absolute atomic E-state index is 12.5. The van der Waals surface area contributed by atoms with E-state index in [0.717, 1.165) is 11.8 Å². The molecule has 0 bridgehead atoms. The first-order valence-corrected chi connectivity index (χ1v) is 11.7. The Kier molecular flexibility index (Phi) is 6.97. The third kappa shape index (κ3) is 6.66. The van der Waals surface area contributed by atoms with E-state index in [-0.39, 0.29) is 11.4 Å². The Balaban J connectivity index is 2.01. The second kappa shape index (κ2) is 8.69. The number of carbonyl (C=O) groups excluding carboxylic acids is 1. The van der Waals surface area contributed by atoms with Crippen molar-refractivity contribution in [3.8, 4) is 0 Å². The highest BCUT2D eigenvalue weighted by atomic mass is 127. The average Bonchev–Trinajstić information content (AvgIpc) is 2.56. The van der Waals surface area contributed by atoms with Gasteiger partial charge in [-0.05, 0) is 57.3 Å². The van der Waals surface area contributed by atoms with Crippen LogP contribution >= 0.6 is 22.6 Å². The zero-order valence-electron chi connectivity index (χ0n) is 16.7. The van der Waals surface area contributed by atoms with Gasteiger partial charge in [-0.25, -0.2) is 13.2 Å². The van der Waals surface area contributed by atoms with Gasteiger partial charge in [-0.15, -0.1) is 0 Å². The molecule has 0 aliphatic heterocycles. The molecule has 28 heavy (non-hydrogen) atoms. The smallest absolute Gasteiger partial charge is 0.321 e. The summed E-state index contributed by atoms with van der Waals surface area (Å²) in [6.45, 7) is 6.99. The van der Waals surface area contributed by atoms with Crippen LogP contribution in [0.5, 0.6) is 0 Å². The van der Waals surface area contributed by atoms with Crippen molar-refractivity contribution in [2.75, 3.05) is 23.3 Å². The summed E-state index contributed by atoms with van der Waals surface area (Å²) in [7, 11) is -1.61. The van der Waals surface area contributed by atoms with Crippen LogP contribution in [0.15, 0.2) is 42.5 Å². The monoisotopic (exact) mass is 515 g/mol. The maximum atomic E-state index is 12.5. The lowest BCUT2D eigenvalue weighted by Crippen LogP contribution is -2.30. The minimum atomic E-state index is -3.35. The molecule has 0 aliphatic rings. The molecule has 0 aromatic heterocycles. The molecule has 0 atom stereocenters. The molecule has 0 aliphatic carbocycles. The number of carbonyl (C=O) groups is 1.